The third kappa shape index (κ3) is 5.88. The van der Waals surface area contributed by atoms with Gasteiger partial charge in [0.1, 0.15) is 5.60 Å². The maximum Gasteiger partial charge on any atom is 0.165 e. The third-order valence-electron chi connectivity index (χ3n) is 8.02. The number of aliphatic hydroxyl groups excluding tert-OH is 1. The second-order valence-electron chi connectivity index (χ2n) is 11.5. The van der Waals surface area contributed by atoms with Crippen molar-refractivity contribution in [1.82, 2.24) is 4.90 Å². The summed E-state index contributed by atoms with van der Waals surface area (Å²) in [6.07, 6.45) is 9.94. The van der Waals surface area contributed by atoms with Crippen LogP contribution in [0.25, 0.3) is 0 Å². The van der Waals surface area contributed by atoms with Gasteiger partial charge < -0.3 is 15.1 Å². The maximum absolute atomic E-state index is 12.8. The summed E-state index contributed by atoms with van der Waals surface area (Å²) in [4.78, 5) is 15.2. The molecule has 4 nitrogen and oxygen atoms in total. The van der Waals surface area contributed by atoms with E-state index < -0.39 is 17.6 Å². The van der Waals surface area contributed by atoms with Gasteiger partial charge in [-0.1, -0.05) is 93.6 Å². The quantitative estimate of drug-likeness (QED) is 0.501. The summed E-state index contributed by atoms with van der Waals surface area (Å²) in [6.45, 7) is 9.29. The molecule has 0 amide bonds. The number of aliphatic hydroxyl groups is 2. The summed E-state index contributed by atoms with van der Waals surface area (Å²) in [6, 6.07) is 18.1. The van der Waals surface area contributed by atoms with E-state index in [-0.39, 0.29) is 17.1 Å². The van der Waals surface area contributed by atoms with E-state index in [4.69, 9.17) is 0 Å². The number of carbonyl (C=O) groups excluding carboxylic acids is 1. The van der Waals surface area contributed by atoms with Gasteiger partial charge in [0.05, 0.1) is 12.0 Å². The van der Waals surface area contributed by atoms with Gasteiger partial charge in [0.25, 0.3) is 0 Å². The Morgan fingerprint density at radius 3 is 2.22 bits per heavy atom. The monoisotopic (exact) mass is 487 g/mol. The Labute approximate surface area is 216 Å². The average Bonchev–Trinajstić information content (AvgIpc) is 2.89. The lowest BCUT2D eigenvalue weighted by atomic mass is 9.66. The number of ketones is 1. The Kier molecular flexibility index (Phi) is 8.29. The molecular weight excluding hydrogens is 446 g/mol. The number of hydrogen-bond acceptors (Lipinski definition) is 4. The molecule has 4 heteroatoms. The SMILES string of the molecule is CC(C)(C)c1ccc(C(O)CCCN2CCC(C(O)(c3ccccc3)C3C=CC=CC3=O)CC2)cc1. The molecule has 36 heavy (non-hydrogen) atoms. The lowest BCUT2D eigenvalue weighted by Crippen LogP contribution is -2.49. The fraction of sp³-hybridized carbons (Fsp3) is 0.469. The van der Waals surface area contributed by atoms with E-state index in [1.54, 1.807) is 12.2 Å². The Morgan fingerprint density at radius 1 is 0.944 bits per heavy atom. The van der Waals surface area contributed by atoms with Gasteiger partial charge in [-0.15, -0.1) is 0 Å². The Morgan fingerprint density at radius 2 is 1.61 bits per heavy atom. The molecule has 0 saturated carbocycles. The first-order valence-electron chi connectivity index (χ1n) is 13.4. The maximum atomic E-state index is 12.8. The predicted molar refractivity (Wildman–Crippen MR) is 146 cm³/mol. The zero-order valence-electron chi connectivity index (χ0n) is 21.9. The summed E-state index contributed by atoms with van der Waals surface area (Å²) in [7, 11) is 0. The largest absolute Gasteiger partial charge is 0.388 e. The molecule has 1 saturated heterocycles. The number of benzene rings is 2. The smallest absolute Gasteiger partial charge is 0.165 e. The van der Waals surface area contributed by atoms with Gasteiger partial charge in [-0.25, -0.2) is 0 Å². The Balaban J connectivity index is 1.33. The van der Waals surface area contributed by atoms with Crippen molar-refractivity contribution in [3.8, 4) is 0 Å². The molecule has 0 spiro atoms. The van der Waals surface area contributed by atoms with Crippen molar-refractivity contribution in [3.05, 3.63) is 95.6 Å². The summed E-state index contributed by atoms with van der Waals surface area (Å²) in [5, 5.41) is 22.8. The van der Waals surface area contributed by atoms with Crippen LogP contribution in [0.2, 0.25) is 0 Å². The van der Waals surface area contributed by atoms with Crippen LogP contribution in [-0.2, 0) is 15.8 Å². The van der Waals surface area contributed by atoms with Gasteiger partial charge in [0, 0.05) is 0 Å². The molecule has 2 aromatic rings. The molecular formula is C32H41NO3. The van der Waals surface area contributed by atoms with Crippen LogP contribution in [0.4, 0.5) is 0 Å². The molecule has 0 radical (unpaired) electrons. The van der Waals surface area contributed by atoms with Crippen LogP contribution in [0, 0.1) is 11.8 Å². The molecule has 4 rings (SSSR count). The minimum Gasteiger partial charge on any atom is -0.388 e. The van der Waals surface area contributed by atoms with Crippen LogP contribution in [-0.4, -0.2) is 40.5 Å². The van der Waals surface area contributed by atoms with E-state index in [2.05, 4.69) is 49.9 Å². The highest BCUT2D eigenvalue weighted by Gasteiger charge is 2.47. The molecule has 0 aromatic heterocycles. The molecule has 3 unspecified atom stereocenters. The van der Waals surface area contributed by atoms with Gasteiger partial charge in [-0.05, 0) is 79.4 Å². The number of carbonyl (C=O) groups is 1. The van der Waals surface area contributed by atoms with E-state index in [9.17, 15) is 15.0 Å². The van der Waals surface area contributed by atoms with Gasteiger partial charge in [-0.2, -0.15) is 0 Å². The van der Waals surface area contributed by atoms with Crippen LogP contribution in [0.3, 0.4) is 0 Å². The lowest BCUT2D eigenvalue weighted by molar-refractivity contribution is -0.133. The molecule has 1 heterocycles. The van der Waals surface area contributed by atoms with Crippen molar-refractivity contribution in [2.45, 2.75) is 63.6 Å². The fourth-order valence-corrected chi connectivity index (χ4v) is 5.74. The molecule has 2 aromatic carbocycles. The first-order chi connectivity index (χ1) is 17.2. The molecule has 1 aliphatic heterocycles. The summed E-state index contributed by atoms with van der Waals surface area (Å²) < 4.78 is 0. The van der Waals surface area contributed by atoms with Crippen LogP contribution in [0.5, 0.6) is 0 Å². The van der Waals surface area contributed by atoms with Gasteiger partial charge in [0.2, 0.25) is 0 Å². The van der Waals surface area contributed by atoms with Crippen molar-refractivity contribution >= 4 is 5.78 Å². The van der Waals surface area contributed by atoms with Crippen molar-refractivity contribution < 1.29 is 15.0 Å². The van der Waals surface area contributed by atoms with Gasteiger partial charge in [-0.3, -0.25) is 4.79 Å². The first kappa shape index (κ1) is 26.5. The second kappa shape index (κ2) is 11.2. The predicted octanol–water partition coefficient (Wildman–Crippen LogP) is 5.71. The first-order valence-corrected chi connectivity index (χ1v) is 13.4. The van der Waals surface area contributed by atoms with E-state index in [0.29, 0.717) is 0 Å². The van der Waals surface area contributed by atoms with Gasteiger partial charge >= 0.3 is 0 Å². The number of nitrogens with zero attached hydrogens (tertiary/aromatic N) is 1. The van der Waals surface area contributed by atoms with Crippen LogP contribution in [0.15, 0.2) is 78.9 Å². The highest BCUT2D eigenvalue weighted by Crippen LogP contribution is 2.44. The molecule has 192 valence electrons. The zero-order valence-corrected chi connectivity index (χ0v) is 21.9. The molecule has 2 N–H and O–H groups in total. The molecule has 1 aliphatic carbocycles. The number of rotatable bonds is 8. The minimum atomic E-state index is -1.21. The minimum absolute atomic E-state index is 0.00757. The highest BCUT2D eigenvalue weighted by atomic mass is 16.3. The summed E-state index contributed by atoms with van der Waals surface area (Å²) in [5.41, 5.74) is 1.98. The molecule has 3 atom stereocenters. The van der Waals surface area contributed by atoms with Crippen LogP contribution in [0.1, 0.15) is 69.2 Å². The third-order valence-corrected chi connectivity index (χ3v) is 8.02. The van der Waals surface area contributed by atoms with E-state index in [0.717, 1.165) is 56.4 Å². The van der Waals surface area contributed by atoms with Crippen LogP contribution < -0.4 is 0 Å². The number of allylic oxidation sites excluding steroid dienone is 3. The van der Waals surface area contributed by atoms with Crippen molar-refractivity contribution in [2.75, 3.05) is 19.6 Å². The van der Waals surface area contributed by atoms with Crippen molar-refractivity contribution in [1.29, 1.82) is 0 Å². The highest BCUT2D eigenvalue weighted by molar-refractivity contribution is 5.95. The van der Waals surface area contributed by atoms with E-state index >= 15 is 0 Å². The lowest BCUT2D eigenvalue weighted by Gasteiger charge is -2.45. The normalized spacial score (nSPS) is 21.9. The molecule has 1 fully saturated rings. The van der Waals surface area contributed by atoms with Gasteiger partial charge in [0.15, 0.2) is 5.78 Å². The van der Waals surface area contributed by atoms with E-state index in [1.165, 1.54) is 5.56 Å². The summed E-state index contributed by atoms with van der Waals surface area (Å²) >= 11 is 0. The number of hydrogen-bond donors (Lipinski definition) is 2. The van der Waals surface area contributed by atoms with E-state index in [1.807, 2.05) is 42.5 Å². The molecule has 2 aliphatic rings. The fourth-order valence-electron chi connectivity index (χ4n) is 5.74. The summed E-state index contributed by atoms with van der Waals surface area (Å²) in [5.74, 6) is -0.578. The number of piperidine rings is 1. The average molecular weight is 488 g/mol. The Bertz CT molecular complexity index is 1060. The topological polar surface area (TPSA) is 60.8 Å². The number of likely N-dealkylation sites (tertiary alicyclic amines) is 1. The zero-order chi connectivity index (χ0) is 25.8. The van der Waals surface area contributed by atoms with Crippen molar-refractivity contribution in [2.24, 2.45) is 11.8 Å². The van der Waals surface area contributed by atoms with Crippen molar-refractivity contribution in [3.63, 3.8) is 0 Å². The second-order valence-corrected chi connectivity index (χ2v) is 11.5. The van der Waals surface area contributed by atoms with Crippen LogP contribution >= 0.6 is 0 Å². The Hall–Kier alpha value is -2.53. The standard InChI is InChI=1S/C32H41NO3/c1-31(2,3)25-17-15-24(16-18-25)29(34)14-9-21-33-22-19-27(20-23-33)32(36,26-10-5-4-6-11-26)28-12-7-8-13-30(28)35/h4-8,10-13,15-18,27-29,34,36H,9,14,19-23H2,1-3H3. The molecule has 0 bridgehead atoms.